The fourth-order valence-corrected chi connectivity index (χ4v) is 1.83. The summed E-state index contributed by atoms with van der Waals surface area (Å²) in [6.45, 7) is 1.63. The standard InChI is InChI=1S/C15H13Cl2NO3/c1-10-8-11(6-7-12(10)16)20-9-15(19)21-18-14-5-3-2-4-13(14)17/h2-8,18H,9H2,1H3. The van der Waals surface area contributed by atoms with Crippen molar-refractivity contribution in [1.82, 2.24) is 0 Å². The summed E-state index contributed by atoms with van der Waals surface area (Å²) < 4.78 is 5.32. The van der Waals surface area contributed by atoms with Crippen molar-refractivity contribution < 1.29 is 14.4 Å². The van der Waals surface area contributed by atoms with Crippen LogP contribution in [0.4, 0.5) is 5.69 Å². The van der Waals surface area contributed by atoms with E-state index in [2.05, 4.69) is 5.48 Å². The summed E-state index contributed by atoms with van der Waals surface area (Å²) in [5.41, 5.74) is 3.87. The van der Waals surface area contributed by atoms with Crippen LogP contribution in [0.1, 0.15) is 5.56 Å². The van der Waals surface area contributed by atoms with Crippen molar-refractivity contribution in [2.24, 2.45) is 0 Å². The second-order valence-corrected chi connectivity index (χ2v) is 5.07. The molecule has 0 aliphatic heterocycles. The third-order valence-corrected chi connectivity index (χ3v) is 3.39. The van der Waals surface area contributed by atoms with Gasteiger partial charge in [-0.15, -0.1) is 0 Å². The maximum Gasteiger partial charge on any atom is 0.369 e. The van der Waals surface area contributed by atoms with Gasteiger partial charge in [-0.1, -0.05) is 35.3 Å². The van der Waals surface area contributed by atoms with Crippen LogP contribution in [0.5, 0.6) is 5.75 Å². The molecule has 2 aromatic rings. The molecule has 0 bridgehead atoms. The highest BCUT2D eigenvalue weighted by molar-refractivity contribution is 6.33. The summed E-state index contributed by atoms with van der Waals surface area (Å²) in [7, 11) is 0. The molecule has 0 unspecified atom stereocenters. The van der Waals surface area contributed by atoms with Gasteiger partial charge in [-0.3, -0.25) is 0 Å². The Bertz CT molecular complexity index is 647. The van der Waals surface area contributed by atoms with Crippen LogP contribution >= 0.6 is 23.2 Å². The van der Waals surface area contributed by atoms with Crippen LogP contribution < -0.4 is 10.2 Å². The zero-order valence-corrected chi connectivity index (χ0v) is 12.7. The second-order valence-electron chi connectivity index (χ2n) is 4.26. The number of hydrogen-bond donors (Lipinski definition) is 1. The number of hydrogen-bond acceptors (Lipinski definition) is 4. The summed E-state index contributed by atoms with van der Waals surface area (Å²) in [4.78, 5) is 16.4. The van der Waals surface area contributed by atoms with Crippen molar-refractivity contribution in [2.75, 3.05) is 12.1 Å². The molecule has 21 heavy (non-hydrogen) atoms. The molecule has 2 rings (SSSR count). The van der Waals surface area contributed by atoms with E-state index < -0.39 is 5.97 Å². The number of benzene rings is 2. The number of para-hydroxylation sites is 1. The number of aryl methyl sites for hydroxylation is 1. The van der Waals surface area contributed by atoms with Gasteiger partial charge < -0.3 is 9.57 Å². The number of carbonyl (C=O) groups is 1. The number of rotatable bonds is 5. The maximum absolute atomic E-state index is 11.6. The van der Waals surface area contributed by atoms with Crippen LogP contribution in [0.25, 0.3) is 0 Å². The SMILES string of the molecule is Cc1cc(OCC(=O)ONc2ccccc2Cl)ccc1Cl. The highest BCUT2D eigenvalue weighted by Crippen LogP contribution is 2.21. The van der Waals surface area contributed by atoms with E-state index in [0.717, 1.165) is 5.56 Å². The van der Waals surface area contributed by atoms with E-state index in [4.69, 9.17) is 32.8 Å². The van der Waals surface area contributed by atoms with E-state index in [-0.39, 0.29) is 6.61 Å². The van der Waals surface area contributed by atoms with Gasteiger partial charge in [0, 0.05) is 5.02 Å². The first kappa shape index (κ1) is 15.5. The lowest BCUT2D eigenvalue weighted by Crippen LogP contribution is -2.18. The summed E-state index contributed by atoms with van der Waals surface area (Å²) >= 11 is 11.8. The summed E-state index contributed by atoms with van der Waals surface area (Å²) in [6.07, 6.45) is 0. The molecule has 6 heteroatoms. The summed E-state index contributed by atoms with van der Waals surface area (Å²) in [6, 6.07) is 12.1. The Morgan fingerprint density at radius 2 is 1.90 bits per heavy atom. The summed E-state index contributed by atoms with van der Waals surface area (Å²) in [5.74, 6) is -0.0193. The zero-order chi connectivity index (χ0) is 15.2. The van der Waals surface area contributed by atoms with Gasteiger partial charge in [-0.05, 0) is 42.8 Å². The molecule has 110 valence electrons. The van der Waals surface area contributed by atoms with Crippen LogP contribution in [-0.4, -0.2) is 12.6 Å². The first-order valence-corrected chi connectivity index (χ1v) is 6.91. The van der Waals surface area contributed by atoms with Gasteiger partial charge in [0.1, 0.15) is 5.75 Å². The number of ether oxygens (including phenoxy) is 1. The lowest BCUT2D eigenvalue weighted by Gasteiger charge is -2.09. The monoisotopic (exact) mass is 325 g/mol. The first-order chi connectivity index (χ1) is 10.1. The predicted molar refractivity (Wildman–Crippen MR) is 82.9 cm³/mol. The number of nitrogens with one attached hydrogen (secondary N) is 1. The van der Waals surface area contributed by atoms with Gasteiger partial charge in [0.25, 0.3) is 0 Å². The topological polar surface area (TPSA) is 47.6 Å². The fraction of sp³-hybridized carbons (Fsp3) is 0.133. The van der Waals surface area contributed by atoms with E-state index >= 15 is 0 Å². The van der Waals surface area contributed by atoms with Crippen LogP contribution in [0.2, 0.25) is 10.0 Å². The molecule has 0 aliphatic carbocycles. The van der Waals surface area contributed by atoms with Gasteiger partial charge in [0.05, 0.1) is 10.7 Å². The molecule has 0 aromatic heterocycles. The van der Waals surface area contributed by atoms with E-state index in [1.807, 2.05) is 6.92 Å². The first-order valence-electron chi connectivity index (χ1n) is 6.15. The van der Waals surface area contributed by atoms with Crippen LogP contribution in [-0.2, 0) is 9.63 Å². The molecular formula is C15H13Cl2NO3. The van der Waals surface area contributed by atoms with Crippen LogP contribution in [0.3, 0.4) is 0 Å². The number of halogens is 2. The number of carbonyl (C=O) groups excluding carboxylic acids is 1. The summed E-state index contributed by atoms with van der Waals surface area (Å²) in [5, 5.41) is 1.10. The van der Waals surface area contributed by atoms with Crippen molar-refractivity contribution in [2.45, 2.75) is 6.92 Å². The molecule has 0 aliphatic rings. The Morgan fingerprint density at radius 3 is 2.62 bits per heavy atom. The molecule has 1 N–H and O–H groups in total. The highest BCUT2D eigenvalue weighted by atomic mass is 35.5. The predicted octanol–water partition coefficient (Wildman–Crippen LogP) is 4.25. The van der Waals surface area contributed by atoms with Crippen molar-refractivity contribution in [1.29, 1.82) is 0 Å². The minimum Gasteiger partial charge on any atom is -0.482 e. The molecule has 0 heterocycles. The van der Waals surface area contributed by atoms with Gasteiger partial charge >= 0.3 is 5.97 Å². The normalized spacial score (nSPS) is 10.0. The molecule has 0 atom stereocenters. The molecule has 0 saturated heterocycles. The Morgan fingerprint density at radius 1 is 1.14 bits per heavy atom. The maximum atomic E-state index is 11.6. The van der Waals surface area contributed by atoms with Crippen molar-refractivity contribution >= 4 is 34.9 Å². The van der Waals surface area contributed by atoms with Gasteiger partial charge in [0.2, 0.25) is 0 Å². The Balaban J connectivity index is 1.82. The largest absolute Gasteiger partial charge is 0.482 e. The van der Waals surface area contributed by atoms with Crippen molar-refractivity contribution in [3.8, 4) is 5.75 Å². The fourth-order valence-electron chi connectivity index (χ4n) is 1.53. The van der Waals surface area contributed by atoms with Crippen molar-refractivity contribution in [3.05, 3.63) is 58.1 Å². The molecule has 0 saturated carbocycles. The molecule has 2 aromatic carbocycles. The minimum atomic E-state index is -0.567. The molecule has 0 fully saturated rings. The Hall–Kier alpha value is -1.91. The molecule has 0 amide bonds. The van der Waals surface area contributed by atoms with Gasteiger partial charge in [-0.2, -0.15) is 0 Å². The third-order valence-electron chi connectivity index (χ3n) is 2.63. The van der Waals surface area contributed by atoms with E-state index in [9.17, 15) is 4.79 Å². The van der Waals surface area contributed by atoms with Crippen LogP contribution in [0.15, 0.2) is 42.5 Å². The molecular weight excluding hydrogens is 313 g/mol. The zero-order valence-electron chi connectivity index (χ0n) is 11.2. The third kappa shape index (κ3) is 4.55. The van der Waals surface area contributed by atoms with E-state index in [1.54, 1.807) is 42.5 Å². The average molecular weight is 326 g/mol. The Labute approximate surface area is 132 Å². The van der Waals surface area contributed by atoms with Gasteiger partial charge in [-0.25, -0.2) is 10.3 Å². The smallest absolute Gasteiger partial charge is 0.369 e. The van der Waals surface area contributed by atoms with Crippen molar-refractivity contribution in [3.63, 3.8) is 0 Å². The van der Waals surface area contributed by atoms with E-state index in [0.29, 0.717) is 21.5 Å². The minimum absolute atomic E-state index is 0.224. The lowest BCUT2D eigenvalue weighted by molar-refractivity contribution is -0.143. The number of anilines is 1. The highest BCUT2D eigenvalue weighted by Gasteiger charge is 2.07. The molecule has 0 spiro atoms. The van der Waals surface area contributed by atoms with Gasteiger partial charge in [0.15, 0.2) is 6.61 Å². The lowest BCUT2D eigenvalue weighted by atomic mass is 10.2. The quantitative estimate of drug-likeness (QED) is 0.835. The second kappa shape index (κ2) is 7.20. The van der Waals surface area contributed by atoms with Crippen LogP contribution in [0, 0.1) is 6.92 Å². The Kier molecular flexibility index (Phi) is 5.31. The average Bonchev–Trinajstić information content (AvgIpc) is 2.47. The molecule has 0 radical (unpaired) electrons. The van der Waals surface area contributed by atoms with E-state index in [1.165, 1.54) is 0 Å². The molecule has 4 nitrogen and oxygen atoms in total.